The molecule has 0 atom stereocenters. The van der Waals surface area contributed by atoms with Gasteiger partial charge in [-0.2, -0.15) is 0 Å². The molecule has 2 aromatic rings. The highest BCUT2D eigenvalue weighted by Crippen LogP contribution is 2.20. The van der Waals surface area contributed by atoms with Gasteiger partial charge < -0.3 is 15.5 Å². The Morgan fingerprint density at radius 2 is 2.14 bits per heavy atom. The fourth-order valence-corrected chi connectivity index (χ4v) is 2.48. The number of hydrogen-bond acceptors (Lipinski definition) is 4. The zero-order valence-corrected chi connectivity index (χ0v) is 11.7. The van der Waals surface area contributed by atoms with Gasteiger partial charge in [0, 0.05) is 4.88 Å². The zero-order chi connectivity index (χ0) is 15.2. The molecule has 0 spiro atoms. The van der Waals surface area contributed by atoms with Crippen molar-refractivity contribution >= 4 is 17.2 Å². The Kier molecular flexibility index (Phi) is 4.93. The van der Waals surface area contributed by atoms with Gasteiger partial charge >= 0.3 is 0 Å². The van der Waals surface area contributed by atoms with E-state index in [0.29, 0.717) is 0 Å². The molecule has 1 heterocycles. The quantitative estimate of drug-likeness (QED) is 0.758. The van der Waals surface area contributed by atoms with Gasteiger partial charge in [0.1, 0.15) is 23.7 Å². The first kappa shape index (κ1) is 15.0. The number of thiophene rings is 1. The van der Waals surface area contributed by atoms with Gasteiger partial charge in [-0.05, 0) is 24.3 Å². The summed E-state index contributed by atoms with van der Waals surface area (Å²) in [6.45, 7) is -0.00535. The Balaban J connectivity index is 2.03. The molecule has 6 heteroatoms. The molecule has 0 saturated heterocycles. The molecule has 0 unspecified atom stereocenters. The van der Waals surface area contributed by atoms with E-state index in [1.807, 2.05) is 0 Å². The van der Waals surface area contributed by atoms with Crippen molar-refractivity contribution in [1.82, 2.24) is 5.32 Å². The largest absolute Gasteiger partial charge is 0.507 e. The molecule has 0 aliphatic heterocycles. The average molecular weight is 305 g/mol. The highest BCUT2D eigenvalue weighted by Gasteiger charge is 2.16. The molecule has 21 heavy (non-hydrogen) atoms. The zero-order valence-electron chi connectivity index (χ0n) is 10.9. The SMILES string of the molecule is O=C(NCc1ccc(C#CCO)s1)c1c(O)cccc1F. The number of carbonyl (C=O) groups excluding carboxylic acids is 1. The van der Waals surface area contributed by atoms with Crippen LogP contribution in [0.2, 0.25) is 0 Å². The Hall–Kier alpha value is -2.36. The second-order valence-corrected chi connectivity index (χ2v) is 5.21. The summed E-state index contributed by atoms with van der Waals surface area (Å²) < 4.78 is 13.5. The fraction of sp³-hybridized carbons (Fsp3) is 0.133. The van der Waals surface area contributed by atoms with Gasteiger partial charge in [-0.3, -0.25) is 4.79 Å². The summed E-state index contributed by atoms with van der Waals surface area (Å²) in [5, 5.41) is 20.7. The van der Waals surface area contributed by atoms with Crippen LogP contribution in [0.5, 0.6) is 5.75 Å². The summed E-state index contributed by atoms with van der Waals surface area (Å²) in [7, 11) is 0. The number of aliphatic hydroxyl groups excluding tert-OH is 1. The molecule has 0 aliphatic rings. The molecule has 2 rings (SSSR count). The Labute approximate surface area is 124 Å². The smallest absolute Gasteiger partial charge is 0.258 e. The maximum atomic E-state index is 13.5. The molecule has 1 amide bonds. The van der Waals surface area contributed by atoms with Crippen LogP contribution in [0.3, 0.4) is 0 Å². The highest BCUT2D eigenvalue weighted by atomic mass is 32.1. The molecular weight excluding hydrogens is 293 g/mol. The first-order valence-corrected chi connectivity index (χ1v) is 6.87. The van der Waals surface area contributed by atoms with Crippen LogP contribution in [0, 0.1) is 17.7 Å². The lowest BCUT2D eigenvalue weighted by Crippen LogP contribution is -2.23. The normalized spacial score (nSPS) is 9.81. The molecule has 1 aromatic carbocycles. The van der Waals surface area contributed by atoms with Gasteiger partial charge in [0.05, 0.1) is 11.4 Å². The minimum absolute atomic E-state index is 0.206. The third-order valence-electron chi connectivity index (χ3n) is 2.59. The first-order valence-electron chi connectivity index (χ1n) is 6.06. The van der Waals surface area contributed by atoms with Crippen molar-refractivity contribution in [2.75, 3.05) is 6.61 Å². The lowest BCUT2D eigenvalue weighted by Gasteiger charge is -2.06. The predicted molar refractivity (Wildman–Crippen MR) is 77.5 cm³/mol. The minimum Gasteiger partial charge on any atom is -0.507 e. The average Bonchev–Trinajstić information content (AvgIpc) is 2.90. The van der Waals surface area contributed by atoms with E-state index in [-0.39, 0.29) is 18.7 Å². The fourth-order valence-electron chi connectivity index (χ4n) is 1.66. The molecule has 0 aliphatic carbocycles. The highest BCUT2D eigenvalue weighted by molar-refractivity contribution is 7.12. The Morgan fingerprint density at radius 1 is 1.33 bits per heavy atom. The van der Waals surface area contributed by atoms with Crippen molar-refractivity contribution in [3.63, 3.8) is 0 Å². The van der Waals surface area contributed by atoms with E-state index in [2.05, 4.69) is 17.2 Å². The lowest BCUT2D eigenvalue weighted by molar-refractivity contribution is 0.0944. The van der Waals surface area contributed by atoms with Crippen LogP contribution in [-0.2, 0) is 6.54 Å². The Bertz CT molecular complexity index is 695. The number of phenols is 1. The van der Waals surface area contributed by atoms with E-state index < -0.39 is 17.5 Å². The van der Waals surface area contributed by atoms with Crippen LogP contribution in [-0.4, -0.2) is 22.7 Å². The second kappa shape index (κ2) is 6.88. The van der Waals surface area contributed by atoms with E-state index in [4.69, 9.17) is 5.11 Å². The molecule has 108 valence electrons. The molecule has 0 fully saturated rings. The number of rotatable bonds is 3. The summed E-state index contributed by atoms with van der Waals surface area (Å²) in [4.78, 5) is 13.5. The van der Waals surface area contributed by atoms with Crippen molar-refractivity contribution < 1.29 is 19.4 Å². The Morgan fingerprint density at radius 3 is 2.86 bits per heavy atom. The van der Waals surface area contributed by atoms with Crippen LogP contribution < -0.4 is 5.32 Å². The number of nitrogens with one attached hydrogen (secondary N) is 1. The number of hydrogen-bond donors (Lipinski definition) is 3. The topological polar surface area (TPSA) is 69.6 Å². The predicted octanol–water partition coefficient (Wildman–Crippen LogP) is 1.87. The summed E-state index contributed by atoms with van der Waals surface area (Å²) >= 11 is 1.36. The number of amides is 1. The van der Waals surface area contributed by atoms with Gasteiger partial charge in [0.15, 0.2) is 0 Å². The monoisotopic (exact) mass is 305 g/mol. The van der Waals surface area contributed by atoms with Crippen LogP contribution >= 0.6 is 11.3 Å². The van der Waals surface area contributed by atoms with E-state index in [1.54, 1.807) is 12.1 Å². The number of aliphatic hydroxyl groups is 1. The van der Waals surface area contributed by atoms with Crippen molar-refractivity contribution in [1.29, 1.82) is 0 Å². The molecule has 3 N–H and O–H groups in total. The number of aromatic hydroxyl groups is 1. The number of benzene rings is 1. The van der Waals surface area contributed by atoms with Gasteiger partial charge in [0.25, 0.3) is 5.91 Å². The third kappa shape index (κ3) is 3.81. The van der Waals surface area contributed by atoms with Crippen molar-refractivity contribution in [2.45, 2.75) is 6.54 Å². The molecule has 0 saturated carbocycles. The summed E-state index contributed by atoms with van der Waals surface area (Å²) in [6.07, 6.45) is 0. The lowest BCUT2D eigenvalue weighted by atomic mass is 10.1. The summed E-state index contributed by atoms with van der Waals surface area (Å²) in [6, 6.07) is 7.25. The molecule has 1 aromatic heterocycles. The first-order chi connectivity index (χ1) is 10.1. The van der Waals surface area contributed by atoms with Crippen LogP contribution in [0.15, 0.2) is 30.3 Å². The second-order valence-electron chi connectivity index (χ2n) is 4.04. The maximum Gasteiger partial charge on any atom is 0.258 e. The number of phenolic OH excluding ortho intramolecular Hbond substituents is 1. The van der Waals surface area contributed by atoms with Crippen LogP contribution in [0.25, 0.3) is 0 Å². The molecule has 4 nitrogen and oxygen atoms in total. The molecular formula is C15H12FNO3S. The van der Waals surface area contributed by atoms with Crippen LogP contribution in [0.1, 0.15) is 20.1 Å². The van der Waals surface area contributed by atoms with E-state index >= 15 is 0 Å². The number of halogens is 1. The maximum absolute atomic E-state index is 13.5. The minimum atomic E-state index is -0.770. The van der Waals surface area contributed by atoms with E-state index in [1.165, 1.54) is 23.5 Å². The summed E-state index contributed by atoms with van der Waals surface area (Å²) in [5.74, 6) is 3.44. The summed E-state index contributed by atoms with van der Waals surface area (Å²) in [5.41, 5.74) is -0.366. The van der Waals surface area contributed by atoms with E-state index in [9.17, 15) is 14.3 Å². The van der Waals surface area contributed by atoms with Gasteiger partial charge in [-0.25, -0.2) is 4.39 Å². The van der Waals surface area contributed by atoms with Gasteiger partial charge in [-0.1, -0.05) is 17.9 Å². The van der Waals surface area contributed by atoms with Gasteiger partial charge in [0.2, 0.25) is 0 Å². The van der Waals surface area contributed by atoms with E-state index in [0.717, 1.165) is 15.8 Å². The number of carbonyl (C=O) groups is 1. The molecule has 0 radical (unpaired) electrons. The standard InChI is InChI=1S/C15H12FNO3S/c16-12-4-1-5-13(19)14(12)15(20)17-9-11-7-6-10(21-11)3-2-8-18/h1,4-7,18-19H,8-9H2,(H,17,20). The van der Waals surface area contributed by atoms with Crippen molar-refractivity contribution in [3.05, 3.63) is 51.5 Å². The van der Waals surface area contributed by atoms with Gasteiger partial charge in [-0.15, -0.1) is 11.3 Å². The van der Waals surface area contributed by atoms with Crippen molar-refractivity contribution in [2.24, 2.45) is 0 Å². The molecule has 0 bridgehead atoms. The third-order valence-corrected chi connectivity index (χ3v) is 3.59. The van der Waals surface area contributed by atoms with Crippen molar-refractivity contribution in [3.8, 4) is 17.6 Å². The van der Waals surface area contributed by atoms with Crippen LogP contribution in [0.4, 0.5) is 4.39 Å².